The molecule has 1 atom stereocenters. The van der Waals surface area contributed by atoms with E-state index in [-0.39, 0.29) is 5.91 Å². The van der Waals surface area contributed by atoms with Crippen LogP contribution in [0, 0.1) is 6.92 Å². The molecule has 2 aromatic rings. The Morgan fingerprint density at radius 1 is 1.17 bits per heavy atom. The molecule has 0 bridgehead atoms. The van der Waals surface area contributed by atoms with Gasteiger partial charge in [-0.3, -0.25) is 9.69 Å². The summed E-state index contributed by atoms with van der Waals surface area (Å²) in [5.41, 5.74) is 3.32. The SMILES string of the molecule is Cc1c(C(=O)Nc2ccc(CN3CCCCC3C)cc2)nnn1C1CCNCC1. The Hall–Kier alpha value is -2.25. The number of benzene rings is 1. The largest absolute Gasteiger partial charge is 0.321 e. The number of anilines is 1. The molecular formula is C22H32N6O. The van der Waals surface area contributed by atoms with Crippen LogP contribution in [-0.2, 0) is 6.54 Å². The van der Waals surface area contributed by atoms with E-state index in [4.69, 9.17) is 0 Å². The first kappa shape index (κ1) is 20.0. The molecule has 4 rings (SSSR count). The van der Waals surface area contributed by atoms with E-state index in [0.717, 1.165) is 43.9 Å². The predicted molar refractivity (Wildman–Crippen MR) is 114 cm³/mol. The number of hydrogen-bond acceptors (Lipinski definition) is 5. The molecule has 0 spiro atoms. The van der Waals surface area contributed by atoms with Gasteiger partial charge in [-0.15, -0.1) is 5.10 Å². The van der Waals surface area contributed by atoms with Gasteiger partial charge >= 0.3 is 0 Å². The van der Waals surface area contributed by atoms with E-state index in [0.29, 0.717) is 17.8 Å². The molecule has 3 heterocycles. The fourth-order valence-electron chi connectivity index (χ4n) is 4.46. The van der Waals surface area contributed by atoms with Crippen LogP contribution in [0.25, 0.3) is 0 Å². The van der Waals surface area contributed by atoms with E-state index in [1.807, 2.05) is 23.7 Å². The van der Waals surface area contributed by atoms with Gasteiger partial charge in [-0.2, -0.15) is 0 Å². The molecule has 2 aliphatic rings. The summed E-state index contributed by atoms with van der Waals surface area (Å²) >= 11 is 0. The summed E-state index contributed by atoms with van der Waals surface area (Å²) in [6.07, 6.45) is 5.94. The lowest BCUT2D eigenvalue weighted by molar-refractivity contribution is 0.102. The molecule has 7 nitrogen and oxygen atoms in total. The number of carbonyl (C=O) groups excluding carboxylic acids is 1. The first-order valence-electron chi connectivity index (χ1n) is 10.9. The molecule has 2 saturated heterocycles. The molecule has 0 radical (unpaired) electrons. The summed E-state index contributed by atoms with van der Waals surface area (Å²) in [4.78, 5) is 15.3. The number of nitrogens with zero attached hydrogens (tertiary/aromatic N) is 4. The molecule has 1 amide bonds. The maximum atomic E-state index is 12.7. The third-order valence-corrected chi connectivity index (χ3v) is 6.34. The van der Waals surface area contributed by atoms with E-state index in [1.165, 1.54) is 31.4 Å². The summed E-state index contributed by atoms with van der Waals surface area (Å²) in [6.45, 7) is 8.35. The van der Waals surface area contributed by atoms with Crippen LogP contribution in [0.4, 0.5) is 5.69 Å². The highest BCUT2D eigenvalue weighted by atomic mass is 16.2. The van der Waals surface area contributed by atoms with Gasteiger partial charge in [0, 0.05) is 18.3 Å². The number of piperidine rings is 2. The zero-order valence-electron chi connectivity index (χ0n) is 17.5. The van der Waals surface area contributed by atoms with Crippen molar-refractivity contribution in [3.8, 4) is 0 Å². The molecular weight excluding hydrogens is 364 g/mol. The summed E-state index contributed by atoms with van der Waals surface area (Å²) in [6, 6.07) is 9.14. The molecule has 0 saturated carbocycles. The van der Waals surface area contributed by atoms with Gasteiger partial charge in [0.15, 0.2) is 5.69 Å². The number of aromatic nitrogens is 3. The number of nitrogens with one attached hydrogen (secondary N) is 2. The van der Waals surface area contributed by atoms with Gasteiger partial charge in [0.05, 0.1) is 11.7 Å². The van der Waals surface area contributed by atoms with Crippen molar-refractivity contribution in [3.05, 3.63) is 41.2 Å². The predicted octanol–water partition coefficient (Wildman–Crippen LogP) is 3.14. The first-order valence-corrected chi connectivity index (χ1v) is 10.9. The third-order valence-electron chi connectivity index (χ3n) is 6.34. The van der Waals surface area contributed by atoms with Gasteiger partial charge in [0.1, 0.15) is 0 Å². The molecule has 156 valence electrons. The van der Waals surface area contributed by atoms with Crippen LogP contribution >= 0.6 is 0 Å². The Kier molecular flexibility index (Phi) is 6.25. The van der Waals surface area contributed by atoms with Gasteiger partial charge in [-0.05, 0) is 76.9 Å². The van der Waals surface area contributed by atoms with Crippen LogP contribution in [0.15, 0.2) is 24.3 Å². The van der Waals surface area contributed by atoms with E-state index < -0.39 is 0 Å². The highest BCUT2D eigenvalue weighted by Gasteiger charge is 2.23. The Balaban J connectivity index is 1.38. The molecule has 2 N–H and O–H groups in total. The minimum atomic E-state index is -0.194. The van der Waals surface area contributed by atoms with Gasteiger partial charge in [0.2, 0.25) is 0 Å². The number of carbonyl (C=O) groups is 1. The maximum Gasteiger partial charge on any atom is 0.278 e. The molecule has 1 aromatic carbocycles. The van der Waals surface area contributed by atoms with E-state index in [9.17, 15) is 4.79 Å². The van der Waals surface area contributed by atoms with Crippen molar-refractivity contribution in [1.82, 2.24) is 25.2 Å². The van der Waals surface area contributed by atoms with Gasteiger partial charge in [0.25, 0.3) is 5.91 Å². The number of rotatable bonds is 5. The summed E-state index contributed by atoms with van der Waals surface area (Å²) in [7, 11) is 0. The average Bonchev–Trinajstić information content (AvgIpc) is 3.13. The zero-order valence-corrected chi connectivity index (χ0v) is 17.5. The fourth-order valence-corrected chi connectivity index (χ4v) is 4.46. The lowest BCUT2D eigenvalue weighted by atomic mass is 10.0. The molecule has 29 heavy (non-hydrogen) atoms. The van der Waals surface area contributed by atoms with Crippen LogP contribution in [-0.4, -0.2) is 51.5 Å². The van der Waals surface area contributed by atoms with Gasteiger partial charge in [-0.1, -0.05) is 23.8 Å². The topological polar surface area (TPSA) is 75.1 Å². The average molecular weight is 397 g/mol. The zero-order chi connectivity index (χ0) is 20.2. The third kappa shape index (κ3) is 4.67. The van der Waals surface area contributed by atoms with Crippen molar-refractivity contribution in [2.75, 3.05) is 25.0 Å². The molecule has 0 aliphatic carbocycles. The lowest BCUT2D eigenvalue weighted by Gasteiger charge is -2.33. The van der Waals surface area contributed by atoms with Crippen molar-refractivity contribution >= 4 is 11.6 Å². The normalized spacial score (nSPS) is 21.2. The van der Waals surface area contributed by atoms with Crippen molar-refractivity contribution in [1.29, 1.82) is 0 Å². The summed E-state index contributed by atoms with van der Waals surface area (Å²) < 4.78 is 1.92. The van der Waals surface area contributed by atoms with Gasteiger partial charge in [-0.25, -0.2) is 4.68 Å². The Labute approximate surface area is 172 Å². The Bertz CT molecular complexity index is 824. The highest BCUT2D eigenvalue weighted by Crippen LogP contribution is 2.22. The van der Waals surface area contributed by atoms with Crippen LogP contribution in [0.2, 0.25) is 0 Å². The number of likely N-dealkylation sites (tertiary alicyclic amines) is 1. The second-order valence-corrected chi connectivity index (χ2v) is 8.42. The van der Waals surface area contributed by atoms with Crippen molar-refractivity contribution in [2.45, 2.75) is 64.6 Å². The Morgan fingerprint density at radius 3 is 2.66 bits per heavy atom. The quantitative estimate of drug-likeness (QED) is 0.812. The van der Waals surface area contributed by atoms with Crippen molar-refractivity contribution < 1.29 is 4.79 Å². The van der Waals surface area contributed by atoms with E-state index >= 15 is 0 Å². The summed E-state index contributed by atoms with van der Waals surface area (Å²) in [5.74, 6) is -0.194. The number of hydrogen-bond donors (Lipinski definition) is 2. The maximum absolute atomic E-state index is 12.7. The molecule has 2 aliphatic heterocycles. The van der Waals surface area contributed by atoms with Crippen LogP contribution in [0.3, 0.4) is 0 Å². The van der Waals surface area contributed by atoms with Crippen LogP contribution in [0.1, 0.15) is 66.8 Å². The van der Waals surface area contributed by atoms with E-state index in [2.05, 4.69) is 44.9 Å². The molecule has 2 fully saturated rings. The molecule has 1 aromatic heterocycles. The second kappa shape index (κ2) is 9.05. The highest BCUT2D eigenvalue weighted by molar-refractivity contribution is 6.03. The van der Waals surface area contributed by atoms with E-state index in [1.54, 1.807) is 0 Å². The smallest absolute Gasteiger partial charge is 0.278 e. The number of amides is 1. The molecule has 7 heteroatoms. The minimum absolute atomic E-state index is 0.194. The standard InChI is InChI=1S/C22H32N6O/c1-16-5-3-4-14-27(16)15-18-6-8-19(9-7-18)24-22(29)21-17(2)28(26-25-21)20-10-12-23-13-11-20/h6-9,16,20,23H,3-5,10-15H2,1-2H3,(H,24,29). The summed E-state index contributed by atoms with van der Waals surface area (Å²) in [5, 5.41) is 14.8. The van der Waals surface area contributed by atoms with Crippen LogP contribution in [0.5, 0.6) is 0 Å². The lowest BCUT2D eigenvalue weighted by Crippen LogP contribution is -2.36. The monoisotopic (exact) mass is 396 g/mol. The van der Waals surface area contributed by atoms with Gasteiger partial charge < -0.3 is 10.6 Å². The van der Waals surface area contributed by atoms with Crippen LogP contribution < -0.4 is 10.6 Å². The first-order chi connectivity index (χ1) is 14.1. The Morgan fingerprint density at radius 2 is 1.93 bits per heavy atom. The molecule has 1 unspecified atom stereocenters. The minimum Gasteiger partial charge on any atom is -0.321 e. The van der Waals surface area contributed by atoms with Crippen molar-refractivity contribution in [2.24, 2.45) is 0 Å². The second-order valence-electron chi connectivity index (χ2n) is 8.42. The van der Waals surface area contributed by atoms with Crippen molar-refractivity contribution in [3.63, 3.8) is 0 Å². The fraction of sp³-hybridized carbons (Fsp3) is 0.591.